The molecule has 0 aliphatic carbocycles. The van der Waals surface area contributed by atoms with Gasteiger partial charge in [-0.25, -0.2) is 4.98 Å². The molecule has 0 amide bonds. The van der Waals surface area contributed by atoms with Crippen molar-refractivity contribution in [3.8, 4) is 6.07 Å². The quantitative estimate of drug-likeness (QED) is 0.890. The van der Waals surface area contributed by atoms with Crippen molar-refractivity contribution in [1.29, 1.82) is 5.26 Å². The Hall–Kier alpha value is -1.31. The van der Waals surface area contributed by atoms with Crippen LogP contribution in [0.5, 0.6) is 0 Å². The molecule has 0 saturated carbocycles. The molecule has 0 aromatic carbocycles. The van der Waals surface area contributed by atoms with Crippen molar-refractivity contribution in [2.24, 2.45) is 0 Å². The molecule has 1 atom stereocenters. The molecule has 2 rings (SSSR count). The normalized spacial score (nSPS) is 19.9. The largest absolute Gasteiger partial charge is 0.355 e. The van der Waals surface area contributed by atoms with Crippen molar-refractivity contribution in [2.75, 3.05) is 25.0 Å². The van der Waals surface area contributed by atoms with Gasteiger partial charge in [0.2, 0.25) is 0 Å². The van der Waals surface area contributed by atoms with Crippen LogP contribution in [-0.4, -0.2) is 31.2 Å². The lowest BCUT2D eigenvalue weighted by atomic mass is 10.1. The van der Waals surface area contributed by atoms with Gasteiger partial charge in [0.1, 0.15) is 16.9 Å². The first-order chi connectivity index (χ1) is 8.74. The van der Waals surface area contributed by atoms with Gasteiger partial charge in [-0.1, -0.05) is 11.6 Å². The van der Waals surface area contributed by atoms with Crippen LogP contribution in [0.4, 0.5) is 5.82 Å². The number of aromatic nitrogens is 1. The molecule has 0 spiro atoms. The molecule has 0 bridgehead atoms. The van der Waals surface area contributed by atoms with Gasteiger partial charge in [-0.15, -0.1) is 0 Å². The third-order valence-corrected chi connectivity index (χ3v) is 3.79. The molecule has 1 unspecified atom stereocenters. The highest BCUT2D eigenvalue weighted by atomic mass is 35.5. The van der Waals surface area contributed by atoms with E-state index < -0.39 is 0 Å². The lowest BCUT2D eigenvalue weighted by Crippen LogP contribution is -2.33. The van der Waals surface area contributed by atoms with Crippen LogP contribution in [0.1, 0.15) is 24.8 Å². The maximum absolute atomic E-state index is 8.99. The highest BCUT2D eigenvalue weighted by molar-refractivity contribution is 6.34. The Morgan fingerprint density at radius 3 is 3.11 bits per heavy atom. The summed E-state index contributed by atoms with van der Waals surface area (Å²) in [5.41, 5.74) is 0.486. The summed E-state index contributed by atoms with van der Waals surface area (Å²) in [5, 5.41) is 12.8. The number of nitrogens with zero attached hydrogens (tertiary/aromatic N) is 3. The van der Waals surface area contributed by atoms with Gasteiger partial charge >= 0.3 is 0 Å². The minimum Gasteiger partial charge on any atom is -0.355 e. The molecular weight excluding hydrogens is 248 g/mol. The molecule has 5 heteroatoms. The number of pyridine rings is 1. The molecule has 1 aliphatic rings. The second kappa shape index (κ2) is 6.03. The Balaban J connectivity index is 2.22. The summed E-state index contributed by atoms with van der Waals surface area (Å²) in [6.07, 6.45) is 5.00. The fraction of sp³-hybridized carbons (Fsp3) is 0.538. The van der Waals surface area contributed by atoms with Crippen LogP contribution >= 0.6 is 11.6 Å². The van der Waals surface area contributed by atoms with Crippen molar-refractivity contribution in [1.82, 2.24) is 10.3 Å². The minimum absolute atomic E-state index is 0.430. The Bertz CT molecular complexity index is 447. The number of hydrogen-bond acceptors (Lipinski definition) is 4. The molecule has 18 heavy (non-hydrogen) atoms. The molecule has 1 aromatic rings. The summed E-state index contributed by atoms with van der Waals surface area (Å²) in [5.74, 6) is 0.711. The van der Waals surface area contributed by atoms with E-state index in [4.69, 9.17) is 16.9 Å². The van der Waals surface area contributed by atoms with Crippen molar-refractivity contribution in [3.63, 3.8) is 0 Å². The summed E-state index contributed by atoms with van der Waals surface area (Å²) < 4.78 is 0. The monoisotopic (exact) mass is 264 g/mol. The van der Waals surface area contributed by atoms with Gasteiger partial charge in [-0.05, 0) is 38.4 Å². The van der Waals surface area contributed by atoms with E-state index in [1.807, 2.05) is 7.05 Å². The van der Waals surface area contributed by atoms with Crippen molar-refractivity contribution in [3.05, 3.63) is 22.8 Å². The SMILES string of the molecule is CN(c1nccc(C#N)c1Cl)C1CCCNCC1. The van der Waals surface area contributed by atoms with Gasteiger partial charge in [0.05, 0.1) is 5.56 Å². The zero-order chi connectivity index (χ0) is 13.0. The molecule has 1 N–H and O–H groups in total. The molecule has 1 aliphatic heterocycles. The number of hydrogen-bond donors (Lipinski definition) is 1. The molecule has 1 saturated heterocycles. The number of anilines is 1. The van der Waals surface area contributed by atoms with Crippen LogP contribution in [0.15, 0.2) is 12.3 Å². The first-order valence-electron chi connectivity index (χ1n) is 6.22. The third-order valence-electron chi connectivity index (χ3n) is 3.42. The Labute approximate surface area is 113 Å². The fourth-order valence-corrected chi connectivity index (χ4v) is 2.61. The zero-order valence-corrected chi connectivity index (χ0v) is 11.2. The average Bonchev–Trinajstić information content (AvgIpc) is 2.67. The van der Waals surface area contributed by atoms with E-state index in [-0.39, 0.29) is 0 Å². The van der Waals surface area contributed by atoms with Crippen LogP contribution in [0.3, 0.4) is 0 Å². The predicted octanol–water partition coefficient (Wildman–Crippen LogP) is 2.18. The maximum Gasteiger partial charge on any atom is 0.148 e. The van der Waals surface area contributed by atoms with Crippen molar-refractivity contribution >= 4 is 17.4 Å². The van der Waals surface area contributed by atoms with Gasteiger partial charge in [0.15, 0.2) is 0 Å². The van der Waals surface area contributed by atoms with Crippen LogP contribution in [0, 0.1) is 11.3 Å². The number of rotatable bonds is 2. The van der Waals surface area contributed by atoms with E-state index in [0.29, 0.717) is 22.4 Å². The standard InChI is InChI=1S/C13H17ClN4/c1-18(11-3-2-6-16-7-5-11)13-12(14)10(9-15)4-8-17-13/h4,8,11,16H,2-3,5-7H2,1H3. The summed E-state index contributed by atoms with van der Waals surface area (Å²) in [7, 11) is 2.01. The number of halogens is 1. The van der Waals surface area contributed by atoms with Gasteiger partial charge in [-0.2, -0.15) is 5.26 Å². The second-order valence-corrected chi connectivity index (χ2v) is 4.93. The molecule has 2 heterocycles. The van der Waals surface area contributed by atoms with Gasteiger partial charge in [-0.3, -0.25) is 0 Å². The van der Waals surface area contributed by atoms with E-state index in [9.17, 15) is 0 Å². The highest BCUT2D eigenvalue weighted by Crippen LogP contribution is 2.28. The van der Waals surface area contributed by atoms with E-state index in [1.165, 1.54) is 0 Å². The fourth-order valence-electron chi connectivity index (χ4n) is 2.33. The first-order valence-corrected chi connectivity index (χ1v) is 6.60. The lowest BCUT2D eigenvalue weighted by molar-refractivity contribution is 0.563. The van der Waals surface area contributed by atoms with Crippen molar-refractivity contribution < 1.29 is 0 Å². The minimum atomic E-state index is 0.430. The van der Waals surface area contributed by atoms with E-state index >= 15 is 0 Å². The predicted molar refractivity (Wildman–Crippen MR) is 72.9 cm³/mol. The Kier molecular flexibility index (Phi) is 4.40. The molecule has 1 aromatic heterocycles. The van der Waals surface area contributed by atoms with E-state index in [1.54, 1.807) is 12.3 Å². The number of nitrogens with one attached hydrogen (secondary N) is 1. The van der Waals surface area contributed by atoms with E-state index in [0.717, 1.165) is 32.4 Å². The molecule has 1 fully saturated rings. The molecule has 0 radical (unpaired) electrons. The lowest BCUT2D eigenvalue weighted by Gasteiger charge is -2.28. The van der Waals surface area contributed by atoms with Crippen LogP contribution in [0.2, 0.25) is 5.02 Å². The van der Waals surface area contributed by atoms with E-state index in [2.05, 4.69) is 21.3 Å². The topological polar surface area (TPSA) is 52.0 Å². The van der Waals surface area contributed by atoms with Gasteiger partial charge < -0.3 is 10.2 Å². The molecule has 4 nitrogen and oxygen atoms in total. The highest BCUT2D eigenvalue weighted by Gasteiger charge is 2.20. The zero-order valence-electron chi connectivity index (χ0n) is 10.5. The molecular formula is C13H17ClN4. The smallest absolute Gasteiger partial charge is 0.148 e. The summed E-state index contributed by atoms with van der Waals surface area (Å²) >= 11 is 6.22. The first kappa shape index (κ1) is 13.1. The van der Waals surface area contributed by atoms with Gasteiger partial charge in [0, 0.05) is 19.3 Å². The summed E-state index contributed by atoms with van der Waals surface area (Å²) in [4.78, 5) is 6.42. The third kappa shape index (κ3) is 2.74. The molecule has 96 valence electrons. The summed E-state index contributed by atoms with van der Waals surface area (Å²) in [6, 6.07) is 4.17. The van der Waals surface area contributed by atoms with Crippen LogP contribution in [0.25, 0.3) is 0 Å². The van der Waals surface area contributed by atoms with Crippen LogP contribution < -0.4 is 10.2 Å². The van der Waals surface area contributed by atoms with Gasteiger partial charge in [0.25, 0.3) is 0 Å². The Morgan fingerprint density at radius 2 is 2.33 bits per heavy atom. The maximum atomic E-state index is 8.99. The Morgan fingerprint density at radius 1 is 1.50 bits per heavy atom. The summed E-state index contributed by atoms with van der Waals surface area (Å²) in [6.45, 7) is 2.09. The average molecular weight is 265 g/mol. The number of nitriles is 1. The van der Waals surface area contributed by atoms with Crippen molar-refractivity contribution in [2.45, 2.75) is 25.3 Å². The second-order valence-electron chi connectivity index (χ2n) is 4.55. The van der Waals surface area contributed by atoms with Crippen LogP contribution in [-0.2, 0) is 0 Å².